The normalized spacial score (nSPS) is 14.5. The molecule has 0 amide bonds. The lowest BCUT2D eigenvalue weighted by atomic mass is 10.1. The number of rotatable bonds is 12. The molecule has 0 bridgehead atoms. The molecule has 5 rings (SSSR count). The zero-order valence-electron chi connectivity index (χ0n) is 23.4. The summed E-state index contributed by atoms with van der Waals surface area (Å²) in [5, 5.41) is 0. The van der Waals surface area contributed by atoms with E-state index in [1.54, 1.807) is 12.1 Å². The topological polar surface area (TPSA) is 90.6 Å². The number of sulfonamides is 1. The summed E-state index contributed by atoms with van der Waals surface area (Å²) in [5.74, 6) is 1.79. The molecule has 0 aliphatic carbocycles. The number of aromatic amines is 1. The standard InChI is InChI=1S/C31H39N5O3S/c1-3-5-22-40(37,38)34-26-12-14-27(15-13-26)39-21-20-35-16-18-36(19-17-35)29-11-7-10-28-30(29)33-31(32-28)25-9-6-8-24(4-2)23-25/h6-15,23,34H,3-5,16-22H2,1-2H3,(H,32,33). The summed E-state index contributed by atoms with van der Waals surface area (Å²) in [4.78, 5) is 13.4. The quantitative estimate of drug-likeness (QED) is 0.236. The first-order valence-electron chi connectivity index (χ1n) is 14.2. The summed E-state index contributed by atoms with van der Waals surface area (Å²) in [6.07, 6.45) is 2.50. The number of unbranched alkanes of at least 4 members (excludes halogenated alkanes) is 1. The summed E-state index contributed by atoms with van der Waals surface area (Å²) in [6.45, 7) is 9.33. The molecule has 1 saturated heterocycles. The Balaban J connectivity index is 1.12. The Morgan fingerprint density at radius 1 is 0.975 bits per heavy atom. The number of hydrogen-bond donors (Lipinski definition) is 2. The van der Waals surface area contributed by atoms with Crippen LogP contribution in [0.25, 0.3) is 22.4 Å². The number of fused-ring (bicyclic) bond motifs is 1. The van der Waals surface area contributed by atoms with Gasteiger partial charge in [-0.1, -0.05) is 44.5 Å². The van der Waals surface area contributed by atoms with Gasteiger partial charge in [-0.15, -0.1) is 0 Å². The molecule has 2 N–H and O–H groups in total. The number of para-hydroxylation sites is 1. The van der Waals surface area contributed by atoms with Gasteiger partial charge in [-0.05, 0) is 60.9 Å². The summed E-state index contributed by atoms with van der Waals surface area (Å²) >= 11 is 0. The van der Waals surface area contributed by atoms with Crippen molar-refractivity contribution in [2.24, 2.45) is 0 Å². The molecular formula is C31H39N5O3S. The van der Waals surface area contributed by atoms with Crippen molar-refractivity contribution in [3.8, 4) is 17.1 Å². The zero-order valence-corrected chi connectivity index (χ0v) is 24.2. The van der Waals surface area contributed by atoms with Gasteiger partial charge in [0.1, 0.15) is 23.7 Å². The number of hydrogen-bond acceptors (Lipinski definition) is 6. The number of ether oxygens (including phenoxy) is 1. The Bertz CT molecular complexity index is 1510. The molecule has 0 radical (unpaired) electrons. The van der Waals surface area contributed by atoms with Gasteiger partial charge in [0, 0.05) is 44.0 Å². The average molecular weight is 562 g/mol. The smallest absolute Gasteiger partial charge is 0.232 e. The van der Waals surface area contributed by atoms with Gasteiger partial charge in [0.15, 0.2) is 0 Å². The summed E-state index contributed by atoms with van der Waals surface area (Å²) in [5.41, 5.74) is 6.24. The number of imidazole rings is 1. The highest BCUT2D eigenvalue weighted by Crippen LogP contribution is 2.29. The highest BCUT2D eigenvalue weighted by atomic mass is 32.2. The predicted octanol–water partition coefficient (Wildman–Crippen LogP) is 5.54. The second kappa shape index (κ2) is 12.7. The largest absolute Gasteiger partial charge is 0.492 e. The molecule has 2 heterocycles. The van der Waals surface area contributed by atoms with Crippen molar-refractivity contribution in [2.75, 3.05) is 54.7 Å². The van der Waals surface area contributed by atoms with E-state index in [9.17, 15) is 8.42 Å². The van der Waals surface area contributed by atoms with Gasteiger partial charge >= 0.3 is 0 Å². The highest BCUT2D eigenvalue weighted by molar-refractivity contribution is 7.92. The van der Waals surface area contributed by atoms with Crippen LogP contribution in [-0.4, -0.2) is 68.4 Å². The van der Waals surface area contributed by atoms with Crippen molar-refractivity contribution in [3.05, 3.63) is 72.3 Å². The fourth-order valence-corrected chi connectivity index (χ4v) is 6.30. The van der Waals surface area contributed by atoms with Crippen LogP contribution in [0.1, 0.15) is 32.3 Å². The van der Waals surface area contributed by atoms with Crippen molar-refractivity contribution >= 4 is 32.4 Å². The SMILES string of the molecule is CCCCS(=O)(=O)Nc1ccc(OCCN2CCN(c3cccc4[nH]c(-c5cccc(CC)c5)nc34)CC2)cc1. The number of aromatic nitrogens is 2. The number of piperazine rings is 1. The minimum Gasteiger partial charge on any atom is -0.492 e. The van der Waals surface area contributed by atoms with E-state index in [1.165, 1.54) is 11.3 Å². The number of aryl methyl sites for hydroxylation is 1. The number of H-pyrrole nitrogens is 1. The molecule has 0 atom stereocenters. The third-order valence-corrected chi connectivity index (χ3v) is 8.76. The van der Waals surface area contributed by atoms with Gasteiger partial charge < -0.3 is 14.6 Å². The molecule has 1 aromatic heterocycles. The first-order chi connectivity index (χ1) is 19.4. The molecule has 1 fully saturated rings. The van der Waals surface area contributed by atoms with Crippen molar-refractivity contribution in [2.45, 2.75) is 33.1 Å². The Morgan fingerprint density at radius 3 is 2.50 bits per heavy atom. The molecule has 0 unspecified atom stereocenters. The van der Waals surface area contributed by atoms with Gasteiger partial charge in [0.05, 0.1) is 17.0 Å². The lowest BCUT2D eigenvalue weighted by Crippen LogP contribution is -2.47. The highest BCUT2D eigenvalue weighted by Gasteiger charge is 2.20. The fourth-order valence-electron chi connectivity index (χ4n) is 5.04. The molecule has 0 saturated carbocycles. The predicted molar refractivity (Wildman–Crippen MR) is 164 cm³/mol. The molecule has 0 spiro atoms. The van der Waals surface area contributed by atoms with Crippen LogP contribution in [-0.2, 0) is 16.4 Å². The molecule has 4 aromatic rings. The lowest BCUT2D eigenvalue weighted by Gasteiger charge is -2.36. The summed E-state index contributed by atoms with van der Waals surface area (Å²) < 4.78 is 32.8. The third-order valence-electron chi connectivity index (χ3n) is 7.38. The monoisotopic (exact) mass is 561 g/mol. The van der Waals surface area contributed by atoms with E-state index in [0.29, 0.717) is 18.7 Å². The van der Waals surface area contributed by atoms with Gasteiger partial charge in [-0.2, -0.15) is 0 Å². The van der Waals surface area contributed by atoms with Crippen LogP contribution in [0, 0.1) is 0 Å². The lowest BCUT2D eigenvalue weighted by molar-refractivity contribution is 0.200. The van der Waals surface area contributed by atoms with Crippen molar-refractivity contribution < 1.29 is 13.2 Å². The zero-order chi connectivity index (χ0) is 28.0. The van der Waals surface area contributed by atoms with Crippen LogP contribution >= 0.6 is 0 Å². The summed E-state index contributed by atoms with van der Waals surface area (Å²) in [7, 11) is -3.30. The maximum Gasteiger partial charge on any atom is 0.232 e. The second-order valence-electron chi connectivity index (χ2n) is 10.3. The van der Waals surface area contributed by atoms with Gasteiger partial charge in [-0.25, -0.2) is 13.4 Å². The van der Waals surface area contributed by atoms with E-state index in [-0.39, 0.29) is 5.75 Å². The van der Waals surface area contributed by atoms with Crippen LogP contribution < -0.4 is 14.4 Å². The van der Waals surface area contributed by atoms with E-state index < -0.39 is 10.0 Å². The number of anilines is 2. The first kappa shape index (κ1) is 28.0. The molecule has 212 valence electrons. The fraction of sp³-hybridized carbons (Fsp3) is 0.387. The Morgan fingerprint density at radius 2 is 1.75 bits per heavy atom. The number of nitrogens with zero attached hydrogens (tertiary/aromatic N) is 3. The van der Waals surface area contributed by atoms with Gasteiger partial charge in [0.25, 0.3) is 0 Å². The van der Waals surface area contributed by atoms with E-state index in [0.717, 1.165) is 73.7 Å². The van der Waals surface area contributed by atoms with Crippen LogP contribution in [0.15, 0.2) is 66.7 Å². The Hall–Kier alpha value is -3.56. The molecule has 3 aromatic carbocycles. The molecule has 1 aliphatic rings. The van der Waals surface area contributed by atoms with Crippen LogP contribution in [0.4, 0.5) is 11.4 Å². The first-order valence-corrected chi connectivity index (χ1v) is 15.9. The third kappa shape index (κ3) is 6.95. The van der Waals surface area contributed by atoms with Crippen LogP contribution in [0.2, 0.25) is 0 Å². The van der Waals surface area contributed by atoms with E-state index >= 15 is 0 Å². The molecule has 1 aliphatic heterocycles. The molecular weight excluding hydrogens is 522 g/mol. The maximum atomic E-state index is 12.1. The molecule has 8 nitrogen and oxygen atoms in total. The van der Waals surface area contributed by atoms with Gasteiger partial charge in [0.2, 0.25) is 10.0 Å². The molecule has 9 heteroatoms. The minimum absolute atomic E-state index is 0.139. The van der Waals surface area contributed by atoms with E-state index in [1.807, 2.05) is 19.1 Å². The van der Waals surface area contributed by atoms with E-state index in [2.05, 4.69) is 68.9 Å². The number of benzene rings is 3. The van der Waals surface area contributed by atoms with Crippen LogP contribution in [0.5, 0.6) is 5.75 Å². The van der Waals surface area contributed by atoms with Crippen molar-refractivity contribution in [1.29, 1.82) is 0 Å². The Labute approximate surface area is 237 Å². The van der Waals surface area contributed by atoms with Crippen molar-refractivity contribution in [1.82, 2.24) is 14.9 Å². The van der Waals surface area contributed by atoms with E-state index in [4.69, 9.17) is 9.72 Å². The minimum atomic E-state index is -3.30. The Kier molecular flexibility index (Phi) is 8.91. The number of nitrogens with one attached hydrogen (secondary N) is 2. The van der Waals surface area contributed by atoms with Crippen molar-refractivity contribution in [3.63, 3.8) is 0 Å². The second-order valence-corrected chi connectivity index (χ2v) is 12.1. The van der Waals surface area contributed by atoms with Crippen LogP contribution in [0.3, 0.4) is 0 Å². The maximum absolute atomic E-state index is 12.1. The average Bonchev–Trinajstić information content (AvgIpc) is 3.42. The summed E-state index contributed by atoms with van der Waals surface area (Å²) in [6, 6.07) is 22.1. The van der Waals surface area contributed by atoms with Gasteiger partial charge in [-0.3, -0.25) is 9.62 Å². The molecule has 40 heavy (non-hydrogen) atoms.